The first-order valence-corrected chi connectivity index (χ1v) is 8.13. The van der Waals surface area contributed by atoms with Gasteiger partial charge in [0.15, 0.2) is 17.2 Å². The lowest BCUT2D eigenvalue weighted by atomic mass is 10.2. The van der Waals surface area contributed by atoms with E-state index in [0.29, 0.717) is 39.3 Å². The van der Waals surface area contributed by atoms with Crippen LogP contribution in [0.5, 0.6) is 11.5 Å². The van der Waals surface area contributed by atoms with E-state index in [1.54, 1.807) is 56.5 Å². The lowest BCUT2D eigenvalue weighted by Gasteiger charge is -2.11. The van der Waals surface area contributed by atoms with Crippen LogP contribution in [0, 0.1) is 6.92 Å². The van der Waals surface area contributed by atoms with E-state index in [4.69, 9.17) is 21.1 Å². The molecule has 0 aliphatic heterocycles. The first-order chi connectivity index (χ1) is 12.5. The van der Waals surface area contributed by atoms with Crippen molar-refractivity contribution in [2.24, 2.45) is 0 Å². The smallest absolute Gasteiger partial charge is 0.276 e. The number of hydrogen-bond donors (Lipinski definition) is 1. The van der Waals surface area contributed by atoms with Crippen LogP contribution in [0.15, 0.2) is 42.5 Å². The van der Waals surface area contributed by atoms with Crippen LogP contribution < -0.4 is 14.8 Å². The van der Waals surface area contributed by atoms with Crippen molar-refractivity contribution in [2.75, 3.05) is 19.5 Å². The maximum absolute atomic E-state index is 12.8. The molecular formula is C18H17ClN4O3. The van der Waals surface area contributed by atoms with Crippen molar-refractivity contribution in [2.45, 2.75) is 6.92 Å². The Morgan fingerprint density at radius 1 is 1.08 bits per heavy atom. The summed E-state index contributed by atoms with van der Waals surface area (Å²) in [5.41, 5.74) is 2.10. The van der Waals surface area contributed by atoms with E-state index in [1.807, 2.05) is 0 Å². The fraction of sp³-hybridized carbons (Fsp3) is 0.167. The van der Waals surface area contributed by atoms with Crippen LogP contribution in [0.25, 0.3) is 5.69 Å². The molecule has 1 heterocycles. The minimum absolute atomic E-state index is 0.335. The van der Waals surface area contributed by atoms with Crippen LogP contribution in [0.4, 0.5) is 5.69 Å². The SMILES string of the molecule is COc1ccc(NC(=O)c2c(C)nnn2-c2ccc(Cl)cc2)cc1OC. The second-order valence-electron chi connectivity index (χ2n) is 5.44. The third-order valence-electron chi connectivity index (χ3n) is 3.77. The molecule has 0 unspecified atom stereocenters. The highest BCUT2D eigenvalue weighted by Gasteiger charge is 2.19. The molecular weight excluding hydrogens is 356 g/mol. The van der Waals surface area contributed by atoms with Crippen LogP contribution in [0.1, 0.15) is 16.2 Å². The van der Waals surface area contributed by atoms with Gasteiger partial charge in [0.2, 0.25) is 0 Å². The third kappa shape index (κ3) is 3.48. The van der Waals surface area contributed by atoms with Crippen molar-refractivity contribution in [3.8, 4) is 17.2 Å². The Bertz CT molecular complexity index is 938. The van der Waals surface area contributed by atoms with E-state index in [0.717, 1.165) is 0 Å². The molecule has 3 aromatic rings. The monoisotopic (exact) mass is 372 g/mol. The topological polar surface area (TPSA) is 78.3 Å². The fourth-order valence-electron chi connectivity index (χ4n) is 2.48. The highest BCUT2D eigenvalue weighted by atomic mass is 35.5. The minimum atomic E-state index is -0.338. The minimum Gasteiger partial charge on any atom is -0.493 e. The van der Waals surface area contributed by atoms with Gasteiger partial charge in [-0.3, -0.25) is 4.79 Å². The predicted molar refractivity (Wildman–Crippen MR) is 98.6 cm³/mol. The molecule has 0 atom stereocenters. The Kier molecular flexibility index (Phi) is 5.09. The zero-order valence-corrected chi connectivity index (χ0v) is 15.2. The number of nitrogens with one attached hydrogen (secondary N) is 1. The maximum Gasteiger partial charge on any atom is 0.276 e. The van der Waals surface area contributed by atoms with Crippen molar-refractivity contribution >= 4 is 23.2 Å². The molecule has 0 spiro atoms. The van der Waals surface area contributed by atoms with Gasteiger partial charge in [0, 0.05) is 16.8 Å². The Balaban J connectivity index is 1.91. The number of methoxy groups -OCH3 is 2. The molecule has 0 aliphatic carbocycles. The van der Waals surface area contributed by atoms with Crippen molar-refractivity contribution in [1.29, 1.82) is 0 Å². The first kappa shape index (κ1) is 17.8. The van der Waals surface area contributed by atoms with Crippen LogP contribution in [-0.4, -0.2) is 35.1 Å². The number of halogens is 1. The van der Waals surface area contributed by atoms with Crippen molar-refractivity contribution in [3.05, 3.63) is 58.9 Å². The molecule has 134 valence electrons. The molecule has 26 heavy (non-hydrogen) atoms. The third-order valence-corrected chi connectivity index (χ3v) is 4.02. The number of nitrogens with zero attached hydrogens (tertiary/aromatic N) is 3. The summed E-state index contributed by atoms with van der Waals surface area (Å²) in [6.45, 7) is 1.73. The van der Waals surface area contributed by atoms with Crippen LogP contribution in [-0.2, 0) is 0 Å². The fourth-order valence-corrected chi connectivity index (χ4v) is 2.61. The highest BCUT2D eigenvalue weighted by Crippen LogP contribution is 2.30. The summed E-state index contributed by atoms with van der Waals surface area (Å²) in [5.74, 6) is 0.760. The number of aromatic nitrogens is 3. The molecule has 0 aliphatic rings. The number of aryl methyl sites for hydroxylation is 1. The molecule has 7 nitrogen and oxygen atoms in total. The number of anilines is 1. The van der Waals surface area contributed by atoms with Gasteiger partial charge in [0.25, 0.3) is 5.91 Å². The maximum atomic E-state index is 12.8. The zero-order chi connectivity index (χ0) is 18.7. The number of carbonyl (C=O) groups is 1. The molecule has 8 heteroatoms. The number of hydrogen-bond acceptors (Lipinski definition) is 5. The van der Waals surface area contributed by atoms with Crippen molar-refractivity contribution < 1.29 is 14.3 Å². The van der Waals surface area contributed by atoms with Gasteiger partial charge in [0.05, 0.1) is 25.6 Å². The standard InChI is InChI=1S/C18H17ClN4O3/c1-11-17(23(22-21-11)14-7-4-12(19)5-8-14)18(24)20-13-6-9-15(25-2)16(10-13)26-3/h4-10H,1-3H3,(H,20,24). The van der Waals surface area contributed by atoms with Gasteiger partial charge in [-0.25, -0.2) is 4.68 Å². The lowest BCUT2D eigenvalue weighted by molar-refractivity contribution is 0.101. The van der Waals surface area contributed by atoms with Gasteiger partial charge in [0.1, 0.15) is 0 Å². The molecule has 3 rings (SSSR count). The first-order valence-electron chi connectivity index (χ1n) is 7.75. The van der Waals surface area contributed by atoms with Crippen molar-refractivity contribution in [1.82, 2.24) is 15.0 Å². The summed E-state index contributed by atoms with van der Waals surface area (Å²) < 4.78 is 11.9. The molecule has 0 bridgehead atoms. The second-order valence-corrected chi connectivity index (χ2v) is 5.87. The average Bonchev–Trinajstić information content (AvgIpc) is 3.03. The van der Waals surface area contributed by atoms with E-state index in [1.165, 1.54) is 11.8 Å². The Morgan fingerprint density at radius 2 is 1.77 bits per heavy atom. The van der Waals surface area contributed by atoms with Gasteiger partial charge >= 0.3 is 0 Å². The summed E-state index contributed by atoms with van der Waals surface area (Å²) in [7, 11) is 3.09. The summed E-state index contributed by atoms with van der Waals surface area (Å²) in [6, 6.07) is 12.1. The van der Waals surface area contributed by atoms with E-state index >= 15 is 0 Å². The van der Waals surface area contributed by atoms with Gasteiger partial charge in [-0.1, -0.05) is 16.8 Å². The summed E-state index contributed by atoms with van der Waals surface area (Å²) >= 11 is 5.92. The van der Waals surface area contributed by atoms with E-state index in [2.05, 4.69) is 15.6 Å². The van der Waals surface area contributed by atoms with E-state index in [9.17, 15) is 4.79 Å². The Morgan fingerprint density at radius 3 is 2.42 bits per heavy atom. The summed E-state index contributed by atoms with van der Waals surface area (Å²) in [6.07, 6.45) is 0. The highest BCUT2D eigenvalue weighted by molar-refractivity contribution is 6.30. The molecule has 2 aromatic carbocycles. The van der Waals surface area contributed by atoms with Gasteiger partial charge < -0.3 is 14.8 Å². The summed E-state index contributed by atoms with van der Waals surface area (Å²) in [5, 5.41) is 11.5. The predicted octanol–water partition coefficient (Wildman–Crippen LogP) is 3.50. The van der Waals surface area contributed by atoms with Crippen LogP contribution in [0.3, 0.4) is 0 Å². The summed E-state index contributed by atoms with van der Waals surface area (Å²) in [4.78, 5) is 12.8. The number of carbonyl (C=O) groups excluding carboxylic acids is 1. The Labute approximate surface area is 155 Å². The quantitative estimate of drug-likeness (QED) is 0.741. The molecule has 0 saturated heterocycles. The van der Waals surface area contributed by atoms with Gasteiger partial charge in [-0.15, -0.1) is 5.10 Å². The molecule has 1 aromatic heterocycles. The molecule has 1 amide bonds. The zero-order valence-electron chi connectivity index (χ0n) is 14.5. The van der Waals surface area contributed by atoms with E-state index in [-0.39, 0.29) is 5.91 Å². The number of rotatable bonds is 5. The molecule has 0 radical (unpaired) electrons. The number of ether oxygens (including phenoxy) is 2. The number of amides is 1. The van der Waals surface area contributed by atoms with Crippen molar-refractivity contribution in [3.63, 3.8) is 0 Å². The average molecular weight is 373 g/mol. The Hall–Kier alpha value is -3.06. The number of benzene rings is 2. The molecule has 1 N–H and O–H groups in total. The molecule has 0 saturated carbocycles. The largest absolute Gasteiger partial charge is 0.493 e. The second kappa shape index (κ2) is 7.45. The van der Waals surface area contributed by atoms with E-state index < -0.39 is 0 Å². The normalized spacial score (nSPS) is 10.5. The molecule has 0 fully saturated rings. The van der Waals surface area contributed by atoms with Gasteiger partial charge in [-0.05, 0) is 43.3 Å². The lowest BCUT2D eigenvalue weighted by Crippen LogP contribution is -2.18. The van der Waals surface area contributed by atoms with Gasteiger partial charge in [-0.2, -0.15) is 0 Å². The van der Waals surface area contributed by atoms with Crippen LogP contribution >= 0.6 is 11.6 Å². The van der Waals surface area contributed by atoms with Crippen LogP contribution in [0.2, 0.25) is 5.02 Å².